The molecule has 1 aromatic carbocycles. The van der Waals surface area contributed by atoms with Crippen LogP contribution in [0.3, 0.4) is 0 Å². The molecule has 1 atom stereocenters. The number of aromatic nitrogens is 2. The van der Waals surface area contributed by atoms with Crippen molar-refractivity contribution in [1.29, 1.82) is 0 Å². The van der Waals surface area contributed by atoms with E-state index in [0.717, 1.165) is 62.6 Å². The molecule has 9 heteroatoms. The highest BCUT2D eigenvalue weighted by molar-refractivity contribution is 5.83. The number of nitrogens with two attached hydrogens (primary N) is 1. The summed E-state index contributed by atoms with van der Waals surface area (Å²) in [4.78, 5) is 15.4. The second-order valence-electron chi connectivity index (χ2n) is 11.8. The number of nitrogens with zero attached hydrogens (tertiary/aromatic N) is 5. The molecule has 1 unspecified atom stereocenters. The van der Waals surface area contributed by atoms with Crippen LogP contribution in [-0.2, 0) is 22.5 Å². The topological polar surface area (TPSA) is 118 Å². The summed E-state index contributed by atoms with van der Waals surface area (Å²) in [5.41, 5.74) is 11.3. The first-order valence-electron chi connectivity index (χ1n) is 15.5. The lowest BCUT2D eigenvalue weighted by Crippen LogP contribution is -2.40. The number of aliphatic hydroxyl groups is 1. The molecule has 43 heavy (non-hydrogen) atoms. The molecule has 1 aliphatic heterocycles. The van der Waals surface area contributed by atoms with E-state index in [-0.39, 0.29) is 11.7 Å². The molecule has 234 valence electrons. The van der Waals surface area contributed by atoms with E-state index in [9.17, 15) is 9.90 Å². The maximum Gasteiger partial charge on any atom is 0.293 e. The van der Waals surface area contributed by atoms with Crippen molar-refractivity contribution >= 4 is 18.5 Å². The predicted molar refractivity (Wildman–Crippen MR) is 174 cm³/mol. The van der Waals surface area contributed by atoms with Crippen molar-refractivity contribution in [2.45, 2.75) is 105 Å². The Morgan fingerprint density at radius 2 is 2.00 bits per heavy atom. The number of rotatable bonds is 13. The van der Waals surface area contributed by atoms with Gasteiger partial charge >= 0.3 is 0 Å². The largest absolute Gasteiger partial charge is 0.512 e. The van der Waals surface area contributed by atoms with Crippen molar-refractivity contribution in [3.05, 3.63) is 76.5 Å². The molecule has 1 aromatic heterocycles. The monoisotopic (exact) mass is 590 g/mol. The van der Waals surface area contributed by atoms with Crippen LogP contribution in [0.4, 0.5) is 0 Å². The van der Waals surface area contributed by atoms with Crippen molar-refractivity contribution in [1.82, 2.24) is 14.8 Å². The van der Waals surface area contributed by atoms with E-state index >= 15 is 0 Å². The van der Waals surface area contributed by atoms with Gasteiger partial charge in [0.15, 0.2) is 0 Å². The summed E-state index contributed by atoms with van der Waals surface area (Å²) in [6, 6.07) is 8.59. The molecule has 3 N–H and O–H groups in total. The minimum Gasteiger partial charge on any atom is -0.512 e. The summed E-state index contributed by atoms with van der Waals surface area (Å²) in [7, 11) is 0. The molecule has 2 heterocycles. The smallest absolute Gasteiger partial charge is 0.293 e. The van der Waals surface area contributed by atoms with Gasteiger partial charge in [-0.3, -0.25) is 14.5 Å². The lowest BCUT2D eigenvalue weighted by atomic mass is 9.78. The highest BCUT2D eigenvalue weighted by Crippen LogP contribution is 2.43. The van der Waals surface area contributed by atoms with Crippen LogP contribution >= 0.6 is 0 Å². The molecular weight excluding hydrogens is 540 g/mol. The number of aliphatic imine (C=N–C) groups is 1. The molecule has 0 radical (unpaired) electrons. The fourth-order valence-corrected chi connectivity index (χ4v) is 6.06. The van der Waals surface area contributed by atoms with Gasteiger partial charge in [0.05, 0.1) is 12.3 Å². The Morgan fingerprint density at radius 3 is 2.63 bits per heavy atom. The zero-order chi connectivity index (χ0) is 31.2. The van der Waals surface area contributed by atoms with E-state index in [1.54, 1.807) is 11.2 Å². The number of amidine groups is 1. The minimum atomic E-state index is -0.633. The van der Waals surface area contributed by atoms with E-state index in [2.05, 4.69) is 54.2 Å². The maximum atomic E-state index is 11.2. The molecule has 0 saturated heterocycles. The third-order valence-corrected chi connectivity index (χ3v) is 8.23. The number of aliphatic hydroxyl groups excluding tert-OH is 1. The molecule has 0 bridgehead atoms. The second-order valence-corrected chi connectivity index (χ2v) is 11.8. The van der Waals surface area contributed by atoms with E-state index < -0.39 is 5.60 Å². The molecule has 2 aromatic rings. The molecule has 1 fully saturated rings. The molecule has 2 aliphatic rings. The van der Waals surface area contributed by atoms with Crippen LogP contribution in [0.15, 0.2) is 69.9 Å². The first-order valence-corrected chi connectivity index (χ1v) is 15.5. The van der Waals surface area contributed by atoms with Crippen LogP contribution in [-0.4, -0.2) is 50.7 Å². The molecule has 0 amide bonds. The quantitative estimate of drug-likeness (QED) is 0.114. The predicted octanol–water partition coefficient (Wildman–Crippen LogP) is 6.82. The van der Waals surface area contributed by atoms with Crippen LogP contribution in [0.1, 0.15) is 95.8 Å². The minimum absolute atomic E-state index is 0.240. The number of carbonyl (C=O) groups excluding carboxylic acids is 1. The van der Waals surface area contributed by atoms with Gasteiger partial charge in [-0.2, -0.15) is 10.2 Å². The van der Waals surface area contributed by atoms with Gasteiger partial charge in [-0.25, -0.2) is 5.01 Å². The summed E-state index contributed by atoms with van der Waals surface area (Å²) in [5.74, 6) is 0.935. The number of aryl methyl sites for hydroxylation is 2. The number of carbonyl (C=O) groups is 1. The molecule has 4 rings (SSSR count). The molecular formula is C34H50N6O3. The average Bonchev–Trinajstić information content (AvgIpc) is 3.70. The average molecular weight is 591 g/mol. The third-order valence-electron chi connectivity index (χ3n) is 8.23. The molecule has 0 spiro atoms. The number of benzene rings is 1. The van der Waals surface area contributed by atoms with E-state index in [1.807, 2.05) is 43.2 Å². The Balaban J connectivity index is 0.000000282. The zero-order valence-electron chi connectivity index (χ0n) is 26.6. The number of hydrogen-bond acceptors (Lipinski definition) is 7. The van der Waals surface area contributed by atoms with Crippen LogP contribution in [0.25, 0.3) is 0 Å². The number of hydrazone groups is 1. The van der Waals surface area contributed by atoms with Crippen LogP contribution < -0.4 is 5.73 Å². The van der Waals surface area contributed by atoms with E-state index in [4.69, 9.17) is 10.5 Å². The summed E-state index contributed by atoms with van der Waals surface area (Å²) < 4.78 is 7.61. The normalized spacial score (nSPS) is 17.5. The Hall–Kier alpha value is -3.88. The Morgan fingerprint density at radius 1 is 1.23 bits per heavy atom. The van der Waals surface area contributed by atoms with Gasteiger partial charge in [-0.1, -0.05) is 56.9 Å². The Kier molecular flexibility index (Phi) is 13.0. The fourth-order valence-electron chi connectivity index (χ4n) is 6.06. The number of allylic oxidation sites excluding steroid dienone is 1. The first kappa shape index (κ1) is 33.6. The van der Waals surface area contributed by atoms with Crippen molar-refractivity contribution in [2.24, 2.45) is 21.7 Å². The van der Waals surface area contributed by atoms with Crippen molar-refractivity contribution in [2.75, 3.05) is 6.67 Å². The number of ether oxygens (including phenoxy) is 1. The summed E-state index contributed by atoms with van der Waals surface area (Å²) in [6.45, 7) is 12.0. The first-order chi connectivity index (χ1) is 20.7. The Bertz CT molecular complexity index is 1290. The summed E-state index contributed by atoms with van der Waals surface area (Å²) in [6.07, 6.45) is 15.2. The number of hydrogen-bond donors (Lipinski definition) is 2. The summed E-state index contributed by atoms with van der Waals surface area (Å²) in [5, 5.41) is 21.1. The van der Waals surface area contributed by atoms with Crippen LogP contribution in [0.5, 0.6) is 0 Å². The summed E-state index contributed by atoms with van der Waals surface area (Å²) >= 11 is 0. The van der Waals surface area contributed by atoms with Gasteiger partial charge in [0.2, 0.25) is 0 Å². The van der Waals surface area contributed by atoms with Crippen LogP contribution in [0.2, 0.25) is 0 Å². The molecule has 9 nitrogen and oxygen atoms in total. The lowest BCUT2D eigenvalue weighted by molar-refractivity contribution is -0.152. The third kappa shape index (κ3) is 10.1. The SMILES string of the molecule is CCCC(C/C(O)=C(\C)C/C(N)=N/N1C=C(C)C=NC1)(OC=O)C1CCCC1.CCc1cc(C)ccc1Cn1cccn1. The van der Waals surface area contributed by atoms with E-state index in [1.165, 1.54) is 16.7 Å². The zero-order valence-corrected chi connectivity index (χ0v) is 26.6. The van der Waals surface area contributed by atoms with Crippen molar-refractivity contribution < 1.29 is 14.6 Å². The Labute approximate surface area is 257 Å². The molecule has 1 saturated carbocycles. The fraction of sp³-hybridized carbons (Fsp3) is 0.529. The standard InChI is InChI=1S/C21H34N4O3.C13H16N2/c1-4-9-21(28-15-26,18-7-5-6-8-18)11-19(27)17(3)10-20(22)24-25-13-16(2)12-23-14-25;1-3-12-9-11(2)5-6-13(12)10-15-8-4-7-14-15/h12-13,15,18,27H,4-11,14H2,1-3H3,(H2,22,24);4-9H,3,10H2,1-2H3/b19-17-;. The molecule has 1 aliphatic carbocycles. The van der Waals surface area contributed by atoms with Crippen molar-refractivity contribution in [3.8, 4) is 0 Å². The van der Waals surface area contributed by atoms with Gasteiger partial charge in [0.1, 0.15) is 18.1 Å². The van der Waals surface area contributed by atoms with Gasteiger partial charge < -0.3 is 15.6 Å². The second kappa shape index (κ2) is 16.7. The lowest BCUT2D eigenvalue weighted by Gasteiger charge is -2.37. The van der Waals surface area contributed by atoms with Gasteiger partial charge in [-0.05, 0) is 80.7 Å². The van der Waals surface area contributed by atoms with Gasteiger partial charge in [0.25, 0.3) is 6.47 Å². The van der Waals surface area contributed by atoms with Crippen molar-refractivity contribution in [3.63, 3.8) is 0 Å². The van der Waals surface area contributed by atoms with Gasteiger partial charge in [-0.15, -0.1) is 0 Å². The van der Waals surface area contributed by atoms with E-state index in [0.29, 0.717) is 31.8 Å². The highest BCUT2D eigenvalue weighted by atomic mass is 16.5. The van der Waals surface area contributed by atoms with Crippen LogP contribution in [0, 0.1) is 12.8 Å². The highest BCUT2D eigenvalue weighted by Gasteiger charge is 2.42. The maximum absolute atomic E-state index is 11.2. The van der Waals surface area contributed by atoms with Gasteiger partial charge in [0, 0.05) is 37.6 Å².